The van der Waals surface area contributed by atoms with Crippen LogP contribution in [0.25, 0.3) is 0 Å². The van der Waals surface area contributed by atoms with Gasteiger partial charge in [0.1, 0.15) is 0 Å². The van der Waals surface area contributed by atoms with E-state index in [1.807, 2.05) is 6.92 Å². The fourth-order valence-corrected chi connectivity index (χ4v) is 2.69. The van der Waals surface area contributed by atoms with Crippen LogP contribution in [0, 0.1) is 0 Å². The van der Waals surface area contributed by atoms with Gasteiger partial charge in [-0.1, -0.05) is 31.2 Å². The molecule has 0 radical (unpaired) electrons. The molecule has 1 unspecified atom stereocenters. The van der Waals surface area contributed by atoms with Crippen LogP contribution in [0.3, 0.4) is 0 Å². The lowest BCUT2D eigenvalue weighted by Crippen LogP contribution is -2.42. The lowest BCUT2D eigenvalue weighted by molar-refractivity contribution is 0.160. The van der Waals surface area contributed by atoms with Gasteiger partial charge >= 0.3 is 6.03 Å². The van der Waals surface area contributed by atoms with Crippen molar-refractivity contribution in [2.75, 3.05) is 26.2 Å². The van der Waals surface area contributed by atoms with Crippen LogP contribution in [-0.2, 0) is 13.0 Å². The van der Waals surface area contributed by atoms with Gasteiger partial charge in [0, 0.05) is 32.7 Å². The van der Waals surface area contributed by atoms with E-state index < -0.39 is 0 Å². The molecule has 1 aromatic rings. The zero-order valence-electron chi connectivity index (χ0n) is 13.3. The van der Waals surface area contributed by atoms with Crippen LogP contribution >= 0.6 is 0 Å². The van der Waals surface area contributed by atoms with Gasteiger partial charge in [0.05, 0.1) is 6.10 Å². The summed E-state index contributed by atoms with van der Waals surface area (Å²) in [5.74, 6) is 0. The number of carbonyl (C=O) groups is 1. The first kappa shape index (κ1) is 16.8. The number of hydrogen-bond donors (Lipinski definition) is 3. The summed E-state index contributed by atoms with van der Waals surface area (Å²) in [5.41, 5.74) is 2.84. The van der Waals surface area contributed by atoms with Crippen molar-refractivity contribution in [3.05, 3.63) is 35.4 Å². The molecule has 2 rings (SSSR count). The van der Waals surface area contributed by atoms with Crippen LogP contribution in [0.5, 0.6) is 0 Å². The number of rotatable bonds is 7. The summed E-state index contributed by atoms with van der Waals surface area (Å²) in [5, 5.41) is 15.1. The number of urea groups is 1. The minimum Gasteiger partial charge on any atom is -0.393 e. The highest BCUT2D eigenvalue weighted by Gasteiger charge is 2.15. The summed E-state index contributed by atoms with van der Waals surface area (Å²) >= 11 is 0. The second-order valence-corrected chi connectivity index (χ2v) is 5.83. The Kier molecular flexibility index (Phi) is 6.68. The van der Waals surface area contributed by atoms with Gasteiger partial charge in [-0.2, -0.15) is 0 Å². The molecule has 2 amide bonds. The van der Waals surface area contributed by atoms with E-state index in [1.165, 1.54) is 11.1 Å². The standard InChI is InChI=1S/C17H27N3O2/c1-2-16(21)7-9-18-17(22)19-10-12-20-11-8-14-5-3-4-6-15(14)13-20/h3-6,16,21H,2,7-13H2,1H3,(H2,18,19,22). The molecule has 0 fully saturated rings. The zero-order valence-corrected chi connectivity index (χ0v) is 13.3. The van der Waals surface area contributed by atoms with Crippen LogP contribution in [0.1, 0.15) is 30.9 Å². The van der Waals surface area contributed by atoms with Gasteiger partial charge in [0.25, 0.3) is 0 Å². The first-order chi connectivity index (χ1) is 10.7. The molecule has 0 saturated heterocycles. The normalized spacial score (nSPS) is 15.9. The van der Waals surface area contributed by atoms with Gasteiger partial charge in [0.2, 0.25) is 0 Å². The number of amides is 2. The fraction of sp³-hybridized carbons (Fsp3) is 0.588. The molecule has 1 aliphatic rings. The molecule has 3 N–H and O–H groups in total. The molecule has 22 heavy (non-hydrogen) atoms. The fourth-order valence-electron chi connectivity index (χ4n) is 2.69. The second-order valence-electron chi connectivity index (χ2n) is 5.83. The minimum atomic E-state index is -0.325. The maximum Gasteiger partial charge on any atom is 0.314 e. The minimum absolute atomic E-state index is 0.152. The quantitative estimate of drug-likeness (QED) is 0.715. The molecular formula is C17H27N3O2. The number of nitrogens with zero attached hydrogens (tertiary/aromatic N) is 1. The predicted octanol–water partition coefficient (Wildman–Crippen LogP) is 1.50. The third-order valence-corrected chi connectivity index (χ3v) is 4.16. The van der Waals surface area contributed by atoms with Crippen LogP contribution in [-0.4, -0.2) is 48.3 Å². The van der Waals surface area contributed by atoms with Crippen molar-refractivity contribution < 1.29 is 9.90 Å². The summed E-state index contributed by atoms with van der Waals surface area (Å²) < 4.78 is 0. The van der Waals surface area contributed by atoms with Crippen molar-refractivity contribution >= 4 is 6.03 Å². The molecule has 122 valence electrons. The van der Waals surface area contributed by atoms with E-state index >= 15 is 0 Å². The average molecular weight is 305 g/mol. The van der Waals surface area contributed by atoms with Gasteiger partial charge in [-0.15, -0.1) is 0 Å². The molecule has 0 aromatic heterocycles. The van der Waals surface area contributed by atoms with Crippen LogP contribution < -0.4 is 10.6 Å². The second kappa shape index (κ2) is 8.76. The summed E-state index contributed by atoms with van der Waals surface area (Å²) in [6.07, 6.45) is 2.08. The summed E-state index contributed by atoms with van der Waals surface area (Å²) in [6, 6.07) is 8.40. The highest BCUT2D eigenvalue weighted by atomic mass is 16.3. The SMILES string of the molecule is CCC(O)CCNC(=O)NCCN1CCc2ccccc2C1. The number of aliphatic hydroxyl groups excluding tert-OH is 1. The van der Waals surface area contributed by atoms with Gasteiger partial charge in [-0.25, -0.2) is 4.79 Å². The van der Waals surface area contributed by atoms with Crippen molar-refractivity contribution in [1.29, 1.82) is 0 Å². The Balaban J connectivity index is 1.60. The molecule has 0 bridgehead atoms. The average Bonchev–Trinajstić information content (AvgIpc) is 2.54. The van der Waals surface area contributed by atoms with Gasteiger partial charge in [-0.05, 0) is 30.4 Å². The molecule has 5 heteroatoms. The van der Waals surface area contributed by atoms with E-state index in [4.69, 9.17) is 0 Å². The lowest BCUT2D eigenvalue weighted by atomic mass is 10.00. The number of fused-ring (bicyclic) bond motifs is 1. The van der Waals surface area contributed by atoms with Crippen LogP contribution in [0.4, 0.5) is 4.79 Å². The Morgan fingerprint density at radius 3 is 2.77 bits per heavy atom. The largest absolute Gasteiger partial charge is 0.393 e. The Bertz CT molecular complexity index is 479. The summed E-state index contributed by atoms with van der Waals surface area (Å²) in [6.45, 7) is 5.95. The molecule has 1 aliphatic heterocycles. The number of benzene rings is 1. The lowest BCUT2D eigenvalue weighted by Gasteiger charge is -2.28. The van der Waals surface area contributed by atoms with E-state index in [9.17, 15) is 9.90 Å². The first-order valence-electron chi connectivity index (χ1n) is 8.18. The first-order valence-corrected chi connectivity index (χ1v) is 8.18. The predicted molar refractivity (Wildman–Crippen MR) is 87.7 cm³/mol. The number of carbonyl (C=O) groups excluding carboxylic acids is 1. The number of nitrogens with one attached hydrogen (secondary N) is 2. The van der Waals surface area contributed by atoms with Gasteiger partial charge in [-0.3, -0.25) is 4.90 Å². The van der Waals surface area contributed by atoms with Crippen molar-refractivity contribution in [3.8, 4) is 0 Å². The Labute approximate surface area is 132 Å². The molecule has 1 heterocycles. The Hall–Kier alpha value is -1.59. The van der Waals surface area contributed by atoms with E-state index in [2.05, 4.69) is 39.8 Å². The molecule has 0 saturated carbocycles. The summed E-state index contributed by atoms with van der Waals surface area (Å²) in [4.78, 5) is 14.0. The summed E-state index contributed by atoms with van der Waals surface area (Å²) in [7, 11) is 0. The van der Waals surface area contributed by atoms with Crippen molar-refractivity contribution in [1.82, 2.24) is 15.5 Å². The zero-order chi connectivity index (χ0) is 15.8. The van der Waals surface area contributed by atoms with E-state index in [-0.39, 0.29) is 12.1 Å². The molecular weight excluding hydrogens is 278 g/mol. The molecule has 1 aromatic carbocycles. The molecule has 1 atom stereocenters. The van der Waals surface area contributed by atoms with Crippen molar-refractivity contribution in [2.24, 2.45) is 0 Å². The molecule has 5 nitrogen and oxygen atoms in total. The third-order valence-electron chi connectivity index (χ3n) is 4.16. The van der Waals surface area contributed by atoms with Crippen LogP contribution in [0.15, 0.2) is 24.3 Å². The molecule has 0 spiro atoms. The van der Waals surface area contributed by atoms with E-state index in [1.54, 1.807) is 0 Å². The highest BCUT2D eigenvalue weighted by Crippen LogP contribution is 2.17. The molecule has 0 aliphatic carbocycles. The Morgan fingerprint density at radius 2 is 2.00 bits per heavy atom. The number of hydrogen-bond acceptors (Lipinski definition) is 3. The Morgan fingerprint density at radius 1 is 1.27 bits per heavy atom. The van der Waals surface area contributed by atoms with Crippen LogP contribution in [0.2, 0.25) is 0 Å². The maximum atomic E-state index is 11.6. The monoisotopic (exact) mass is 305 g/mol. The maximum absolute atomic E-state index is 11.6. The van der Waals surface area contributed by atoms with E-state index in [0.29, 0.717) is 19.5 Å². The van der Waals surface area contributed by atoms with E-state index in [0.717, 1.165) is 32.5 Å². The van der Waals surface area contributed by atoms with Crippen molar-refractivity contribution in [2.45, 2.75) is 38.8 Å². The third kappa shape index (κ3) is 5.31. The topological polar surface area (TPSA) is 64.6 Å². The van der Waals surface area contributed by atoms with Gasteiger partial charge in [0.15, 0.2) is 0 Å². The number of aliphatic hydroxyl groups is 1. The smallest absolute Gasteiger partial charge is 0.314 e. The van der Waals surface area contributed by atoms with Gasteiger partial charge < -0.3 is 15.7 Å². The van der Waals surface area contributed by atoms with Crippen molar-refractivity contribution in [3.63, 3.8) is 0 Å². The highest BCUT2D eigenvalue weighted by molar-refractivity contribution is 5.73.